The number of carbonyl (C=O) groups excluding carboxylic acids is 1. The van der Waals surface area contributed by atoms with E-state index < -0.39 is 0 Å². The van der Waals surface area contributed by atoms with E-state index in [1.807, 2.05) is 16.6 Å². The summed E-state index contributed by atoms with van der Waals surface area (Å²) < 4.78 is 7.21. The first kappa shape index (κ1) is 21.0. The number of morpholine rings is 1. The smallest absolute Gasteiger partial charge is 0.224 e. The number of ether oxygens (including phenoxy) is 1. The number of aromatic nitrogens is 4. The standard InChI is InChI=1S/C21H33N7O2/c1-16(2)20-24-23-18-6-7-19(25-28(18)20)27-10-3-5-17(15-27)21(29)22-8-4-9-26-11-13-30-14-12-26/h6-7,16-17H,3-5,8-15H2,1-2H3,(H,22,29). The maximum atomic E-state index is 12.7. The Bertz CT molecular complexity index is 847. The van der Waals surface area contributed by atoms with E-state index in [0.29, 0.717) is 6.54 Å². The first-order valence-corrected chi connectivity index (χ1v) is 11.2. The highest BCUT2D eigenvalue weighted by atomic mass is 16.5. The molecule has 2 aromatic heterocycles. The molecule has 30 heavy (non-hydrogen) atoms. The summed E-state index contributed by atoms with van der Waals surface area (Å²) in [6.45, 7) is 11.2. The Balaban J connectivity index is 1.31. The van der Waals surface area contributed by atoms with Gasteiger partial charge in [0.2, 0.25) is 5.91 Å². The van der Waals surface area contributed by atoms with Crippen LogP contribution in [0.1, 0.15) is 44.9 Å². The molecule has 0 aliphatic carbocycles. The van der Waals surface area contributed by atoms with Gasteiger partial charge in [0.05, 0.1) is 19.1 Å². The fourth-order valence-electron chi connectivity index (χ4n) is 4.21. The summed E-state index contributed by atoms with van der Waals surface area (Å²) in [7, 11) is 0. The number of carbonyl (C=O) groups is 1. The monoisotopic (exact) mass is 415 g/mol. The van der Waals surface area contributed by atoms with Crippen LogP contribution in [-0.2, 0) is 9.53 Å². The van der Waals surface area contributed by atoms with Crippen LogP contribution in [0.2, 0.25) is 0 Å². The van der Waals surface area contributed by atoms with E-state index in [0.717, 1.165) is 82.5 Å². The second-order valence-corrected chi connectivity index (χ2v) is 8.56. The third-order valence-electron chi connectivity index (χ3n) is 5.96. The van der Waals surface area contributed by atoms with E-state index in [4.69, 9.17) is 9.84 Å². The molecule has 1 unspecified atom stereocenters. The van der Waals surface area contributed by atoms with Crippen molar-refractivity contribution in [2.45, 2.75) is 39.0 Å². The van der Waals surface area contributed by atoms with E-state index >= 15 is 0 Å². The SMILES string of the molecule is CC(C)c1nnc2ccc(N3CCCC(C(=O)NCCCN4CCOCC4)C3)nn12. The average Bonchev–Trinajstić information content (AvgIpc) is 3.21. The van der Waals surface area contributed by atoms with Gasteiger partial charge in [-0.1, -0.05) is 13.8 Å². The molecule has 9 heteroatoms. The highest BCUT2D eigenvalue weighted by Gasteiger charge is 2.27. The molecule has 9 nitrogen and oxygen atoms in total. The predicted molar refractivity (Wildman–Crippen MR) is 115 cm³/mol. The normalized spacial score (nSPS) is 20.8. The Morgan fingerprint density at radius 1 is 1.23 bits per heavy atom. The lowest BCUT2D eigenvalue weighted by Crippen LogP contribution is -2.44. The molecule has 0 spiro atoms. The van der Waals surface area contributed by atoms with Crippen LogP contribution in [0.25, 0.3) is 5.65 Å². The van der Waals surface area contributed by atoms with Crippen LogP contribution >= 0.6 is 0 Å². The second-order valence-electron chi connectivity index (χ2n) is 8.56. The van der Waals surface area contributed by atoms with Crippen molar-refractivity contribution in [3.8, 4) is 0 Å². The zero-order valence-corrected chi connectivity index (χ0v) is 18.1. The van der Waals surface area contributed by atoms with E-state index in [-0.39, 0.29) is 17.7 Å². The Hall–Kier alpha value is -2.26. The lowest BCUT2D eigenvalue weighted by molar-refractivity contribution is -0.125. The van der Waals surface area contributed by atoms with Gasteiger partial charge in [-0.25, -0.2) is 0 Å². The van der Waals surface area contributed by atoms with Gasteiger partial charge in [0, 0.05) is 38.6 Å². The molecular weight excluding hydrogens is 382 g/mol. The summed E-state index contributed by atoms with van der Waals surface area (Å²) in [5.74, 6) is 2.16. The van der Waals surface area contributed by atoms with E-state index in [9.17, 15) is 4.79 Å². The van der Waals surface area contributed by atoms with E-state index in [1.54, 1.807) is 0 Å². The summed E-state index contributed by atoms with van der Waals surface area (Å²) in [6, 6.07) is 3.94. The molecule has 1 N–H and O–H groups in total. The van der Waals surface area contributed by atoms with Crippen molar-refractivity contribution >= 4 is 17.4 Å². The number of anilines is 1. The van der Waals surface area contributed by atoms with Gasteiger partial charge < -0.3 is 15.0 Å². The third kappa shape index (κ3) is 4.89. The Labute approximate surface area is 177 Å². The van der Waals surface area contributed by atoms with Crippen LogP contribution in [0.4, 0.5) is 5.82 Å². The second kappa shape index (κ2) is 9.70. The van der Waals surface area contributed by atoms with Crippen molar-refractivity contribution in [1.82, 2.24) is 30.0 Å². The van der Waals surface area contributed by atoms with Gasteiger partial charge in [-0.15, -0.1) is 15.3 Å². The van der Waals surface area contributed by atoms with Crippen molar-refractivity contribution in [3.63, 3.8) is 0 Å². The minimum atomic E-state index is 0.00474. The fraction of sp³-hybridized carbons (Fsp3) is 0.714. The highest BCUT2D eigenvalue weighted by Crippen LogP contribution is 2.23. The van der Waals surface area contributed by atoms with Gasteiger partial charge in [0.15, 0.2) is 11.5 Å². The molecule has 2 saturated heterocycles. The minimum Gasteiger partial charge on any atom is -0.379 e. The Morgan fingerprint density at radius 3 is 2.87 bits per heavy atom. The molecule has 0 saturated carbocycles. The molecule has 0 radical (unpaired) electrons. The van der Waals surface area contributed by atoms with Crippen LogP contribution in [-0.4, -0.2) is 83.1 Å². The van der Waals surface area contributed by atoms with Crippen molar-refractivity contribution in [2.24, 2.45) is 5.92 Å². The average molecular weight is 416 g/mol. The Morgan fingerprint density at radius 2 is 2.07 bits per heavy atom. The van der Waals surface area contributed by atoms with Crippen molar-refractivity contribution in [1.29, 1.82) is 0 Å². The zero-order chi connectivity index (χ0) is 20.9. The molecule has 4 rings (SSSR count). The van der Waals surface area contributed by atoms with Crippen LogP contribution in [0, 0.1) is 5.92 Å². The molecule has 1 amide bonds. The van der Waals surface area contributed by atoms with Crippen molar-refractivity contribution < 1.29 is 9.53 Å². The highest BCUT2D eigenvalue weighted by molar-refractivity contribution is 5.79. The zero-order valence-electron chi connectivity index (χ0n) is 18.1. The molecule has 4 heterocycles. The van der Waals surface area contributed by atoms with Crippen molar-refractivity contribution in [2.75, 3.05) is 57.4 Å². The quantitative estimate of drug-likeness (QED) is 0.682. The topological polar surface area (TPSA) is 87.9 Å². The maximum absolute atomic E-state index is 12.7. The number of fused-ring (bicyclic) bond motifs is 1. The van der Waals surface area contributed by atoms with E-state index in [2.05, 4.69) is 39.2 Å². The van der Waals surface area contributed by atoms with E-state index in [1.165, 1.54) is 0 Å². The maximum Gasteiger partial charge on any atom is 0.224 e. The van der Waals surface area contributed by atoms with Crippen molar-refractivity contribution in [3.05, 3.63) is 18.0 Å². The number of rotatable bonds is 7. The first-order valence-electron chi connectivity index (χ1n) is 11.2. The van der Waals surface area contributed by atoms with Crippen LogP contribution in [0.5, 0.6) is 0 Å². The number of amides is 1. The largest absolute Gasteiger partial charge is 0.379 e. The van der Waals surface area contributed by atoms with Gasteiger partial charge >= 0.3 is 0 Å². The number of hydrogen-bond acceptors (Lipinski definition) is 7. The summed E-state index contributed by atoms with van der Waals surface area (Å²) >= 11 is 0. The number of nitrogens with zero attached hydrogens (tertiary/aromatic N) is 6. The molecular formula is C21H33N7O2. The van der Waals surface area contributed by atoms with Gasteiger partial charge in [-0.2, -0.15) is 4.52 Å². The molecule has 0 bridgehead atoms. The van der Waals surface area contributed by atoms with Gasteiger partial charge in [0.1, 0.15) is 5.82 Å². The summed E-state index contributed by atoms with van der Waals surface area (Å²) in [6.07, 6.45) is 2.90. The summed E-state index contributed by atoms with van der Waals surface area (Å²) in [5.41, 5.74) is 0.758. The third-order valence-corrected chi connectivity index (χ3v) is 5.96. The molecule has 1 atom stereocenters. The van der Waals surface area contributed by atoms with Crippen LogP contribution in [0.15, 0.2) is 12.1 Å². The van der Waals surface area contributed by atoms with Gasteiger partial charge in [0.25, 0.3) is 0 Å². The number of nitrogens with one attached hydrogen (secondary N) is 1. The van der Waals surface area contributed by atoms with Gasteiger partial charge in [-0.3, -0.25) is 9.69 Å². The van der Waals surface area contributed by atoms with Crippen LogP contribution < -0.4 is 10.2 Å². The first-order chi connectivity index (χ1) is 14.6. The summed E-state index contributed by atoms with van der Waals surface area (Å²) in [5, 5.41) is 16.4. The number of hydrogen-bond donors (Lipinski definition) is 1. The number of piperidine rings is 1. The fourth-order valence-corrected chi connectivity index (χ4v) is 4.21. The molecule has 164 valence electrons. The molecule has 2 aromatic rings. The minimum absolute atomic E-state index is 0.00474. The lowest BCUT2D eigenvalue weighted by atomic mass is 9.97. The molecule has 2 aliphatic heterocycles. The van der Waals surface area contributed by atoms with Gasteiger partial charge in [-0.05, 0) is 37.9 Å². The summed E-state index contributed by atoms with van der Waals surface area (Å²) in [4.78, 5) is 17.3. The molecule has 2 aliphatic rings. The molecule has 0 aromatic carbocycles. The van der Waals surface area contributed by atoms with Crippen LogP contribution in [0.3, 0.4) is 0 Å². The predicted octanol–water partition coefficient (Wildman–Crippen LogP) is 1.30. The Kier molecular flexibility index (Phi) is 6.79. The molecule has 2 fully saturated rings. The lowest BCUT2D eigenvalue weighted by Gasteiger charge is -2.33.